The van der Waals surface area contributed by atoms with Crippen molar-refractivity contribution in [3.8, 4) is 0 Å². The fourth-order valence-corrected chi connectivity index (χ4v) is 9.51. The van der Waals surface area contributed by atoms with Gasteiger partial charge in [0.25, 0.3) is 0 Å². The van der Waals surface area contributed by atoms with Gasteiger partial charge in [0, 0.05) is 0 Å². The van der Waals surface area contributed by atoms with Gasteiger partial charge in [-0.2, -0.15) is 0 Å². The second-order valence-electron chi connectivity index (χ2n) is 16.1. The Labute approximate surface area is 347 Å². The third-order valence-corrected chi connectivity index (χ3v) is 12.5. The van der Waals surface area contributed by atoms with Crippen molar-refractivity contribution in [1.82, 2.24) is 0 Å². The molecule has 0 amide bonds. The monoisotopic (exact) mass is 758 g/mol. The smallest absolute Gasteiger partial charge is 0.00204 e. The van der Waals surface area contributed by atoms with Crippen molar-refractivity contribution in [3.05, 3.63) is 231 Å². The van der Waals surface area contributed by atoms with Crippen molar-refractivity contribution in [3.63, 3.8) is 0 Å². The van der Waals surface area contributed by atoms with Crippen LogP contribution >= 0.6 is 0 Å². The summed E-state index contributed by atoms with van der Waals surface area (Å²) in [5.74, 6) is 0. The summed E-state index contributed by atoms with van der Waals surface area (Å²) in [5.41, 5.74) is 0. The topological polar surface area (TPSA) is 0 Å². The van der Waals surface area contributed by atoms with Gasteiger partial charge in [-0.05, 0) is 185 Å². The Bertz CT molecular complexity index is 3600. The van der Waals surface area contributed by atoms with Crippen LogP contribution in [0.5, 0.6) is 0 Å². The minimum absolute atomic E-state index is 1.30. The fourth-order valence-electron chi connectivity index (χ4n) is 9.51. The van der Waals surface area contributed by atoms with Gasteiger partial charge < -0.3 is 0 Å². The van der Waals surface area contributed by atoms with Crippen LogP contribution in [0.4, 0.5) is 0 Å². The van der Waals surface area contributed by atoms with Crippen LogP contribution in [-0.2, 0) is 0 Å². The van der Waals surface area contributed by atoms with Gasteiger partial charge in [0.1, 0.15) is 0 Å². The molecule has 14 aromatic rings. The molecule has 278 valence electrons. The van der Waals surface area contributed by atoms with Gasteiger partial charge in [0.05, 0.1) is 0 Å². The summed E-state index contributed by atoms with van der Waals surface area (Å²) in [4.78, 5) is 0. The van der Waals surface area contributed by atoms with Gasteiger partial charge in [-0.3, -0.25) is 0 Å². The van der Waals surface area contributed by atoms with E-state index in [1.807, 2.05) is 0 Å². The van der Waals surface area contributed by atoms with Gasteiger partial charge in [-0.1, -0.05) is 164 Å². The van der Waals surface area contributed by atoms with Crippen LogP contribution in [0, 0.1) is 0 Å². The van der Waals surface area contributed by atoms with Crippen LogP contribution < -0.4 is 0 Å². The Kier molecular flexibility index (Phi) is 7.96. The zero-order chi connectivity index (χ0) is 39.6. The van der Waals surface area contributed by atoms with Crippen LogP contribution in [0.2, 0.25) is 0 Å². The first-order valence-corrected chi connectivity index (χ1v) is 20.8. The predicted octanol–water partition coefficient (Wildman–Crippen LogP) is 17.2. The van der Waals surface area contributed by atoms with E-state index >= 15 is 0 Å². The van der Waals surface area contributed by atoms with E-state index in [0.29, 0.717) is 0 Å². The van der Waals surface area contributed by atoms with Crippen molar-refractivity contribution in [2.24, 2.45) is 0 Å². The zero-order valence-electron chi connectivity index (χ0n) is 32.9. The average molecular weight is 759 g/mol. The van der Waals surface area contributed by atoms with Gasteiger partial charge in [0.2, 0.25) is 0 Å². The number of rotatable bonds is 0. The van der Waals surface area contributed by atoms with Crippen LogP contribution in [-0.4, -0.2) is 0 Å². The van der Waals surface area contributed by atoms with E-state index in [-0.39, 0.29) is 0 Å². The minimum atomic E-state index is 1.30. The number of benzene rings is 14. The van der Waals surface area contributed by atoms with Crippen LogP contribution in [0.1, 0.15) is 0 Å². The Hall–Kier alpha value is -7.80. The maximum absolute atomic E-state index is 2.31. The lowest BCUT2D eigenvalue weighted by molar-refractivity contribution is 1.77. The molecule has 0 aliphatic rings. The number of hydrogen-bond acceptors (Lipinski definition) is 0. The summed E-state index contributed by atoms with van der Waals surface area (Å²) in [6, 6.07) is 83.6. The Morgan fingerprint density at radius 3 is 0.783 bits per heavy atom. The van der Waals surface area contributed by atoms with E-state index in [1.165, 1.54) is 118 Å². The molecule has 0 nitrogen and oxygen atoms in total. The lowest BCUT2D eigenvalue weighted by Gasteiger charge is -2.12. The molecule has 0 saturated carbocycles. The standard InChI is InChI=1S/C22H14.C20H12.C18H12/c1-2-6-16-10-20-14-22-12-18-8-4-3-7-17(18)11-21(22)13-19(20)9-15(16)5-1;1-2-7-17-15(4-1)12-16-9-8-13-5-3-6-14-10-11-18(17)20(16)19(13)14;1-2-6-14-10-18-12-16-8-4-3-7-15(16)11-17(18)9-13(14)5-1/h1-14H;1-12H;1-12H. The van der Waals surface area contributed by atoms with Gasteiger partial charge in [-0.25, -0.2) is 0 Å². The molecule has 0 aliphatic carbocycles. The summed E-state index contributed by atoms with van der Waals surface area (Å²) in [6.45, 7) is 0. The molecule has 0 spiro atoms. The summed E-state index contributed by atoms with van der Waals surface area (Å²) < 4.78 is 0. The molecular weight excluding hydrogens is 721 g/mol. The maximum Gasteiger partial charge on any atom is -0.00204 e. The van der Waals surface area contributed by atoms with Crippen LogP contribution in [0.15, 0.2) is 231 Å². The van der Waals surface area contributed by atoms with Gasteiger partial charge >= 0.3 is 0 Å². The molecule has 0 unspecified atom stereocenters. The van der Waals surface area contributed by atoms with Crippen molar-refractivity contribution in [1.29, 1.82) is 0 Å². The Morgan fingerprint density at radius 1 is 0.133 bits per heavy atom. The molecular formula is C60H38. The molecule has 0 heteroatoms. The zero-order valence-corrected chi connectivity index (χ0v) is 32.9. The summed E-state index contributed by atoms with van der Waals surface area (Å²) in [6.07, 6.45) is 0. The first-order valence-electron chi connectivity index (χ1n) is 20.8. The fraction of sp³-hybridized carbons (Fsp3) is 0. The van der Waals surface area contributed by atoms with E-state index in [2.05, 4.69) is 231 Å². The van der Waals surface area contributed by atoms with Crippen molar-refractivity contribution in [2.75, 3.05) is 0 Å². The highest BCUT2D eigenvalue weighted by Crippen LogP contribution is 2.38. The van der Waals surface area contributed by atoms with E-state index < -0.39 is 0 Å². The van der Waals surface area contributed by atoms with E-state index in [0.717, 1.165) is 0 Å². The molecule has 0 radical (unpaired) electrons. The Balaban J connectivity index is 0.0000000974. The largest absolute Gasteiger partial charge is 0.0616 e. The van der Waals surface area contributed by atoms with E-state index in [4.69, 9.17) is 0 Å². The number of hydrogen-bond donors (Lipinski definition) is 0. The second kappa shape index (κ2) is 13.9. The third kappa shape index (κ3) is 5.93. The lowest BCUT2D eigenvalue weighted by atomic mass is 9.91. The highest BCUT2D eigenvalue weighted by atomic mass is 14.1. The average Bonchev–Trinajstić information content (AvgIpc) is 3.30. The minimum Gasteiger partial charge on any atom is -0.0616 e. The molecule has 60 heavy (non-hydrogen) atoms. The van der Waals surface area contributed by atoms with Crippen LogP contribution in [0.25, 0.3) is 118 Å². The van der Waals surface area contributed by atoms with E-state index in [9.17, 15) is 0 Å². The summed E-state index contributed by atoms with van der Waals surface area (Å²) in [5, 5.41) is 29.1. The first-order chi connectivity index (χ1) is 29.7. The second-order valence-corrected chi connectivity index (χ2v) is 16.1. The predicted molar refractivity (Wildman–Crippen MR) is 263 cm³/mol. The molecule has 0 atom stereocenters. The quantitative estimate of drug-likeness (QED) is 0.107. The number of fused-ring (bicyclic) bond motifs is 9. The molecule has 0 aromatic heterocycles. The highest BCUT2D eigenvalue weighted by molar-refractivity contribution is 6.28. The van der Waals surface area contributed by atoms with E-state index in [1.54, 1.807) is 0 Å². The molecule has 0 bridgehead atoms. The van der Waals surface area contributed by atoms with Crippen molar-refractivity contribution in [2.45, 2.75) is 0 Å². The van der Waals surface area contributed by atoms with Crippen LogP contribution in [0.3, 0.4) is 0 Å². The summed E-state index contributed by atoms with van der Waals surface area (Å²) in [7, 11) is 0. The van der Waals surface area contributed by atoms with Gasteiger partial charge in [-0.15, -0.1) is 0 Å². The SMILES string of the molecule is c1ccc2c(c1)cc1ccc3cccc4ccc2c1c34.c1ccc2cc3cc4cc5ccccc5cc4cc3cc2c1.c1ccc2cc3cc4ccccc4cc3cc2c1. The van der Waals surface area contributed by atoms with Gasteiger partial charge in [0.15, 0.2) is 0 Å². The van der Waals surface area contributed by atoms with Crippen molar-refractivity contribution < 1.29 is 0 Å². The lowest BCUT2D eigenvalue weighted by Crippen LogP contribution is -1.85. The normalized spacial score (nSPS) is 11.7. The van der Waals surface area contributed by atoms with Crippen molar-refractivity contribution >= 4 is 118 Å². The first kappa shape index (κ1) is 34.3. The molecule has 0 aliphatic heterocycles. The highest BCUT2D eigenvalue weighted by Gasteiger charge is 2.10. The molecule has 0 N–H and O–H groups in total. The molecule has 0 saturated heterocycles. The molecule has 0 heterocycles. The maximum atomic E-state index is 2.31. The molecule has 0 fully saturated rings. The Morgan fingerprint density at radius 2 is 0.400 bits per heavy atom. The summed E-state index contributed by atoms with van der Waals surface area (Å²) >= 11 is 0. The molecule has 14 rings (SSSR count). The molecule has 14 aromatic carbocycles. The third-order valence-electron chi connectivity index (χ3n) is 12.5.